The van der Waals surface area contributed by atoms with Crippen molar-refractivity contribution in [2.45, 2.75) is 24.3 Å². The van der Waals surface area contributed by atoms with Crippen molar-refractivity contribution in [3.63, 3.8) is 0 Å². The molecule has 1 rings (SSSR count). The lowest BCUT2D eigenvalue weighted by atomic mass is 10.3. The SMILES string of the molecule is CCC(O)CNS(=O)(=O)c1ccc(Cl)c(N)c1. The van der Waals surface area contributed by atoms with Crippen LogP contribution in [0.1, 0.15) is 13.3 Å². The van der Waals surface area contributed by atoms with Gasteiger partial charge < -0.3 is 10.8 Å². The molecule has 0 aliphatic heterocycles. The molecule has 0 spiro atoms. The van der Waals surface area contributed by atoms with Gasteiger partial charge in [0.2, 0.25) is 10.0 Å². The molecule has 0 saturated heterocycles. The number of aliphatic hydroxyl groups excluding tert-OH is 1. The first-order valence-electron chi connectivity index (χ1n) is 5.09. The van der Waals surface area contributed by atoms with E-state index in [1.54, 1.807) is 6.92 Å². The van der Waals surface area contributed by atoms with Gasteiger partial charge in [0.05, 0.1) is 21.7 Å². The van der Waals surface area contributed by atoms with Crippen molar-refractivity contribution in [3.05, 3.63) is 23.2 Å². The number of hydrogen-bond acceptors (Lipinski definition) is 4. The molecular weight excluding hydrogens is 264 g/mol. The molecule has 96 valence electrons. The third-order valence-corrected chi connectivity index (χ3v) is 4.02. The minimum atomic E-state index is -3.65. The standard InChI is InChI=1S/C10H15ClN2O3S/c1-2-7(14)6-13-17(15,16)8-3-4-9(11)10(12)5-8/h3-5,7,13-14H,2,6,12H2,1H3. The molecular formula is C10H15ClN2O3S. The summed E-state index contributed by atoms with van der Waals surface area (Å²) in [6, 6.07) is 4.06. The summed E-state index contributed by atoms with van der Waals surface area (Å²) in [5.74, 6) is 0. The Kier molecular flexibility index (Phi) is 4.76. The Bertz CT molecular complexity index is 490. The van der Waals surface area contributed by atoms with E-state index in [0.29, 0.717) is 11.4 Å². The fraction of sp³-hybridized carbons (Fsp3) is 0.400. The van der Waals surface area contributed by atoms with Crippen molar-refractivity contribution in [1.29, 1.82) is 0 Å². The van der Waals surface area contributed by atoms with Crippen LogP contribution in [0.15, 0.2) is 23.1 Å². The van der Waals surface area contributed by atoms with E-state index in [9.17, 15) is 13.5 Å². The Labute approximate surface area is 106 Å². The van der Waals surface area contributed by atoms with Crippen LogP contribution in [0.4, 0.5) is 5.69 Å². The van der Waals surface area contributed by atoms with Gasteiger partial charge in [-0.2, -0.15) is 0 Å². The van der Waals surface area contributed by atoms with Crippen molar-refractivity contribution >= 4 is 27.3 Å². The van der Waals surface area contributed by atoms with Crippen LogP contribution in [-0.2, 0) is 10.0 Å². The lowest BCUT2D eigenvalue weighted by Gasteiger charge is -2.10. The summed E-state index contributed by atoms with van der Waals surface area (Å²) in [6.07, 6.45) is -0.222. The van der Waals surface area contributed by atoms with Crippen molar-refractivity contribution in [3.8, 4) is 0 Å². The van der Waals surface area contributed by atoms with Crippen molar-refractivity contribution < 1.29 is 13.5 Å². The Morgan fingerprint density at radius 2 is 2.18 bits per heavy atom. The van der Waals surface area contributed by atoms with Gasteiger partial charge in [-0.15, -0.1) is 0 Å². The molecule has 0 aliphatic rings. The molecule has 0 aromatic heterocycles. The molecule has 5 nitrogen and oxygen atoms in total. The third kappa shape index (κ3) is 3.85. The third-order valence-electron chi connectivity index (χ3n) is 2.26. The topological polar surface area (TPSA) is 92.4 Å². The number of hydrogen-bond donors (Lipinski definition) is 3. The smallest absolute Gasteiger partial charge is 0.240 e. The van der Waals surface area contributed by atoms with Crippen LogP contribution in [-0.4, -0.2) is 26.2 Å². The average Bonchev–Trinajstić information content (AvgIpc) is 2.29. The molecule has 0 saturated carbocycles. The van der Waals surface area contributed by atoms with E-state index in [1.807, 2.05) is 0 Å². The number of nitrogen functional groups attached to an aromatic ring is 1. The van der Waals surface area contributed by atoms with Crippen LogP contribution in [0.2, 0.25) is 5.02 Å². The van der Waals surface area contributed by atoms with Gasteiger partial charge >= 0.3 is 0 Å². The molecule has 0 bridgehead atoms. The molecule has 0 radical (unpaired) electrons. The highest BCUT2D eigenvalue weighted by atomic mass is 35.5. The second-order valence-electron chi connectivity index (χ2n) is 3.60. The summed E-state index contributed by atoms with van der Waals surface area (Å²) in [4.78, 5) is 0.0303. The highest BCUT2D eigenvalue weighted by Crippen LogP contribution is 2.21. The first kappa shape index (κ1) is 14.2. The zero-order valence-electron chi connectivity index (χ0n) is 9.35. The average molecular weight is 279 g/mol. The van der Waals surface area contributed by atoms with Crippen LogP contribution < -0.4 is 10.5 Å². The molecule has 1 unspecified atom stereocenters. The number of benzene rings is 1. The number of halogens is 1. The summed E-state index contributed by atoms with van der Waals surface area (Å²) in [7, 11) is -3.65. The van der Waals surface area contributed by atoms with Crippen LogP contribution in [0, 0.1) is 0 Å². The van der Waals surface area contributed by atoms with Gasteiger partial charge in [-0.25, -0.2) is 13.1 Å². The van der Waals surface area contributed by atoms with E-state index in [0.717, 1.165) is 0 Å². The predicted molar refractivity (Wildman–Crippen MR) is 67.4 cm³/mol. The van der Waals surface area contributed by atoms with Gasteiger partial charge in [0.25, 0.3) is 0 Å². The Balaban J connectivity index is 2.86. The number of rotatable bonds is 5. The van der Waals surface area contributed by atoms with Gasteiger partial charge in [0.15, 0.2) is 0 Å². The minimum Gasteiger partial charge on any atom is -0.397 e. The highest BCUT2D eigenvalue weighted by molar-refractivity contribution is 7.89. The summed E-state index contributed by atoms with van der Waals surface area (Å²) in [5, 5.41) is 9.60. The van der Waals surface area contributed by atoms with E-state index in [2.05, 4.69) is 4.72 Å². The minimum absolute atomic E-state index is 0.0264. The number of aliphatic hydroxyl groups is 1. The summed E-state index contributed by atoms with van der Waals surface area (Å²) in [5.41, 5.74) is 5.73. The Morgan fingerprint density at radius 1 is 1.53 bits per heavy atom. The maximum absolute atomic E-state index is 11.8. The highest BCUT2D eigenvalue weighted by Gasteiger charge is 2.16. The summed E-state index contributed by atoms with van der Waals surface area (Å²) >= 11 is 5.70. The first-order valence-corrected chi connectivity index (χ1v) is 6.95. The number of sulfonamides is 1. The van der Waals surface area contributed by atoms with Crippen LogP contribution in [0.5, 0.6) is 0 Å². The maximum atomic E-state index is 11.8. The van der Waals surface area contributed by atoms with Crippen LogP contribution in [0.25, 0.3) is 0 Å². The molecule has 0 heterocycles. The molecule has 0 fully saturated rings. The van der Waals surface area contributed by atoms with E-state index in [1.165, 1.54) is 18.2 Å². The largest absolute Gasteiger partial charge is 0.397 e. The lowest BCUT2D eigenvalue weighted by Crippen LogP contribution is -2.31. The fourth-order valence-corrected chi connectivity index (χ4v) is 2.35. The van der Waals surface area contributed by atoms with Gasteiger partial charge in [-0.3, -0.25) is 0 Å². The summed E-state index contributed by atoms with van der Waals surface area (Å²) < 4.78 is 25.9. The first-order chi connectivity index (χ1) is 7.86. The zero-order chi connectivity index (χ0) is 13.1. The van der Waals surface area contributed by atoms with Crippen LogP contribution in [0.3, 0.4) is 0 Å². The van der Waals surface area contributed by atoms with Gasteiger partial charge in [-0.05, 0) is 24.6 Å². The van der Waals surface area contributed by atoms with Crippen molar-refractivity contribution in [2.24, 2.45) is 0 Å². The van der Waals surface area contributed by atoms with E-state index in [4.69, 9.17) is 17.3 Å². The van der Waals surface area contributed by atoms with E-state index in [-0.39, 0.29) is 17.1 Å². The molecule has 1 aromatic carbocycles. The Morgan fingerprint density at radius 3 is 2.71 bits per heavy atom. The zero-order valence-corrected chi connectivity index (χ0v) is 10.9. The second kappa shape index (κ2) is 5.68. The number of nitrogens with one attached hydrogen (secondary N) is 1. The Hall–Kier alpha value is -0.820. The molecule has 1 atom stereocenters. The molecule has 4 N–H and O–H groups in total. The molecule has 0 amide bonds. The number of nitrogens with two attached hydrogens (primary N) is 1. The van der Waals surface area contributed by atoms with E-state index >= 15 is 0 Å². The van der Waals surface area contributed by atoms with Crippen LogP contribution >= 0.6 is 11.6 Å². The molecule has 7 heteroatoms. The van der Waals surface area contributed by atoms with Gasteiger partial charge in [-0.1, -0.05) is 18.5 Å². The normalized spacial score (nSPS) is 13.6. The molecule has 0 aliphatic carbocycles. The molecule has 17 heavy (non-hydrogen) atoms. The van der Waals surface area contributed by atoms with Gasteiger partial charge in [0, 0.05) is 6.54 Å². The predicted octanol–water partition coefficient (Wildman–Crippen LogP) is 0.971. The quantitative estimate of drug-likeness (QED) is 0.700. The second-order valence-corrected chi connectivity index (χ2v) is 5.77. The summed E-state index contributed by atoms with van der Waals surface area (Å²) in [6.45, 7) is 1.74. The lowest BCUT2D eigenvalue weighted by molar-refractivity contribution is 0.174. The number of anilines is 1. The van der Waals surface area contributed by atoms with Crippen molar-refractivity contribution in [2.75, 3.05) is 12.3 Å². The van der Waals surface area contributed by atoms with Crippen molar-refractivity contribution in [1.82, 2.24) is 4.72 Å². The molecule has 1 aromatic rings. The fourth-order valence-electron chi connectivity index (χ4n) is 1.12. The maximum Gasteiger partial charge on any atom is 0.240 e. The van der Waals surface area contributed by atoms with Gasteiger partial charge in [0.1, 0.15) is 0 Å². The van der Waals surface area contributed by atoms with E-state index < -0.39 is 16.1 Å². The monoisotopic (exact) mass is 278 g/mol.